The molecular formula is C30H28F3N5O4. The summed E-state index contributed by atoms with van der Waals surface area (Å²) in [6.07, 6.45) is 1.08. The highest BCUT2D eigenvalue weighted by Crippen LogP contribution is 2.31. The van der Waals surface area contributed by atoms with Crippen molar-refractivity contribution in [3.8, 4) is 0 Å². The number of anilines is 3. The Labute approximate surface area is 239 Å². The SMILES string of the molecule is NC(/C=C\Nc1cccc(C(F)(F)F)c1)=NC(=O)c1cc(N2CCCCC2)ccc1NC(=O)c1cccc(C(=O)O)c1. The molecule has 1 heterocycles. The molecule has 5 N–H and O–H groups in total. The van der Waals surface area contributed by atoms with E-state index in [1.54, 1.807) is 18.2 Å². The van der Waals surface area contributed by atoms with E-state index in [0.717, 1.165) is 50.2 Å². The Kier molecular flexibility index (Phi) is 9.25. The smallest absolute Gasteiger partial charge is 0.416 e. The number of carbonyl (C=O) groups excluding carboxylic acids is 2. The number of hydrogen-bond donors (Lipinski definition) is 4. The zero-order chi connectivity index (χ0) is 30.3. The van der Waals surface area contributed by atoms with Crippen molar-refractivity contribution in [1.82, 2.24) is 0 Å². The number of amides is 2. The standard InChI is InChI=1S/C30H28F3N5O4/c31-30(32,33)21-8-5-9-22(17-21)35-13-12-26(34)37-28(40)24-18-23(38-14-2-1-3-15-38)10-11-25(24)36-27(39)19-6-4-7-20(16-19)29(41)42/h4-13,16-18,35H,1-3,14-15H2,(H,36,39)(H,41,42)(H2,34,37,40)/b13-12-. The first-order chi connectivity index (χ1) is 20.0. The van der Waals surface area contributed by atoms with E-state index in [1.807, 2.05) is 0 Å². The average molecular weight is 580 g/mol. The van der Waals surface area contributed by atoms with Gasteiger partial charge in [-0.3, -0.25) is 9.59 Å². The molecule has 42 heavy (non-hydrogen) atoms. The van der Waals surface area contributed by atoms with Crippen LogP contribution in [-0.4, -0.2) is 41.8 Å². The number of piperidine rings is 1. The first kappa shape index (κ1) is 29.8. The number of alkyl halides is 3. The molecule has 0 aromatic heterocycles. The van der Waals surface area contributed by atoms with Crippen LogP contribution in [0.5, 0.6) is 0 Å². The Morgan fingerprint density at radius 1 is 0.929 bits per heavy atom. The molecule has 4 rings (SSSR count). The molecule has 0 unspecified atom stereocenters. The molecule has 3 aromatic rings. The average Bonchev–Trinajstić information content (AvgIpc) is 2.97. The molecule has 12 heteroatoms. The van der Waals surface area contributed by atoms with Crippen molar-refractivity contribution in [3.63, 3.8) is 0 Å². The molecule has 0 radical (unpaired) electrons. The van der Waals surface area contributed by atoms with Crippen molar-refractivity contribution in [2.24, 2.45) is 10.7 Å². The van der Waals surface area contributed by atoms with Crippen LogP contribution >= 0.6 is 0 Å². The van der Waals surface area contributed by atoms with E-state index in [2.05, 4.69) is 20.5 Å². The van der Waals surface area contributed by atoms with E-state index in [-0.39, 0.29) is 33.9 Å². The van der Waals surface area contributed by atoms with E-state index in [4.69, 9.17) is 5.73 Å². The monoisotopic (exact) mass is 579 g/mol. The van der Waals surface area contributed by atoms with Crippen molar-refractivity contribution in [2.75, 3.05) is 28.6 Å². The Balaban J connectivity index is 1.57. The zero-order valence-electron chi connectivity index (χ0n) is 22.3. The summed E-state index contributed by atoms with van der Waals surface area (Å²) in [6, 6.07) is 15.0. The highest BCUT2D eigenvalue weighted by Gasteiger charge is 2.30. The Morgan fingerprint density at radius 2 is 1.64 bits per heavy atom. The van der Waals surface area contributed by atoms with Gasteiger partial charge < -0.3 is 26.4 Å². The summed E-state index contributed by atoms with van der Waals surface area (Å²) >= 11 is 0. The summed E-state index contributed by atoms with van der Waals surface area (Å²) in [6.45, 7) is 1.60. The van der Waals surface area contributed by atoms with Crippen LogP contribution in [0.1, 0.15) is 55.9 Å². The number of aliphatic imine (C=N–C) groups is 1. The quantitative estimate of drug-likeness (QED) is 0.196. The maximum atomic E-state index is 13.3. The zero-order valence-corrected chi connectivity index (χ0v) is 22.3. The van der Waals surface area contributed by atoms with Crippen LogP contribution in [-0.2, 0) is 6.18 Å². The molecule has 218 valence electrons. The van der Waals surface area contributed by atoms with Gasteiger partial charge in [0.05, 0.1) is 22.4 Å². The maximum absolute atomic E-state index is 13.3. The molecule has 1 aliphatic rings. The second-order valence-corrected chi connectivity index (χ2v) is 9.52. The molecule has 2 amide bonds. The van der Waals surface area contributed by atoms with Gasteiger partial charge in [0.2, 0.25) is 0 Å². The summed E-state index contributed by atoms with van der Waals surface area (Å²) in [5, 5.41) is 14.6. The number of carbonyl (C=O) groups is 3. The van der Waals surface area contributed by atoms with Gasteiger partial charge in [-0.15, -0.1) is 0 Å². The number of hydrogen-bond acceptors (Lipinski definition) is 5. The Hall–Kier alpha value is -5.13. The molecule has 0 aliphatic carbocycles. The van der Waals surface area contributed by atoms with Crippen molar-refractivity contribution in [1.29, 1.82) is 0 Å². The topological polar surface area (TPSA) is 137 Å². The van der Waals surface area contributed by atoms with Crippen molar-refractivity contribution in [3.05, 3.63) is 101 Å². The van der Waals surface area contributed by atoms with Crippen LogP contribution in [0.15, 0.2) is 84.0 Å². The van der Waals surface area contributed by atoms with Crippen molar-refractivity contribution >= 4 is 40.7 Å². The van der Waals surface area contributed by atoms with Crippen LogP contribution in [0.3, 0.4) is 0 Å². The van der Waals surface area contributed by atoms with Crippen molar-refractivity contribution < 1.29 is 32.7 Å². The minimum atomic E-state index is -4.50. The van der Waals surface area contributed by atoms with Crippen molar-refractivity contribution in [2.45, 2.75) is 25.4 Å². The molecule has 0 saturated carbocycles. The third-order valence-electron chi connectivity index (χ3n) is 6.50. The fourth-order valence-corrected chi connectivity index (χ4v) is 4.38. The number of benzene rings is 3. The Bertz CT molecular complexity index is 1550. The minimum absolute atomic E-state index is 0.0583. The lowest BCUT2D eigenvalue weighted by Crippen LogP contribution is -2.29. The summed E-state index contributed by atoms with van der Waals surface area (Å²) in [7, 11) is 0. The molecule has 0 spiro atoms. The highest BCUT2D eigenvalue weighted by molar-refractivity contribution is 6.13. The number of rotatable bonds is 8. The first-order valence-electron chi connectivity index (χ1n) is 13.0. The van der Waals surface area contributed by atoms with Crippen LogP contribution < -0.4 is 21.3 Å². The molecule has 1 fully saturated rings. The van der Waals surface area contributed by atoms with Crippen LogP contribution in [0.4, 0.5) is 30.2 Å². The van der Waals surface area contributed by atoms with Crippen LogP contribution in [0, 0.1) is 0 Å². The predicted octanol–water partition coefficient (Wildman–Crippen LogP) is 5.77. The number of nitrogens with two attached hydrogens (primary N) is 1. The van der Waals surface area contributed by atoms with Gasteiger partial charge in [-0.1, -0.05) is 12.1 Å². The molecule has 3 aromatic carbocycles. The normalized spacial score (nSPS) is 14.1. The fraction of sp³-hybridized carbons (Fsp3) is 0.200. The molecule has 0 atom stereocenters. The third kappa shape index (κ3) is 7.74. The van der Waals surface area contributed by atoms with Gasteiger partial charge in [0.15, 0.2) is 0 Å². The van der Waals surface area contributed by atoms with E-state index in [1.165, 1.54) is 48.7 Å². The van der Waals surface area contributed by atoms with E-state index in [9.17, 15) is 32.7 Å². The largest absolute Gasteiger partial charge is 0.478 e. The van der Waals surface area contributed by atoms with E-state index < -0.39 is 29.5 Å². The number of aromatic carboxylic acids is 1. The minimum Gasteiger partial charge on any atom is -0.478 e. The number of nitrogens with zero attached hydrogens (tertiary/aromatic N) is 2. The number of carboxylic acids is 1. The Morgan fingerprint density at radius 3 is 2.36 bits per heavy atom. The lowest BCUT2D eigenvalue weighted by atomic mass is 10.1. The summed E-state index contributed by atoms with van der Waals surface area (Å²) < 4.78 is 38.9. The van der Waals surface area contributed by atoms with E-state index >= 15 is 0 Å². The fourth-order valence-electron chi connectivity index (χ4n) is 4.38. The molecule has 1 saturated heterocycles. The van der Waals surface area contributed by atoms with Gasteiger partial charge in [-0.05, 0) is 79.9 Å². The van der Waals surface area contributed by atoms with Gasteiger partial charge in [0.25, 0.3) is 11.8 Å². The molecule has 9 nitrogen and oxygen atoms in total. The number of carboxylic acid groups (broad SMARTS) is 1. The van der Waals surface area contributed by atoms with E-state index in [0.29, 0.717) is 0 Å². The second kappa shape index (κ2) is 13.0. The highest BCUT2D eigenvalue weighted by atomic mass is 19.4. The van der Waals surface area contributed by atoms with Gasteiger partial charge >= 0.3 is 12.1 Å². The van der Waals surface area contributed by atoms with Gasteiger partial charge in [0, 0.05) is 36.2 Å². The molecule has 0 bridgehead atoms. The number of halogens is 3. The number of nitrogens with one attached hydrogen (secondary N) is 2. The maximum Gasteiger partial charge on any atom is 0.416 e. The van der Waals surface area contributed by atoms with Gasteiger partial charge in [-0.2, -0.15) is 18.2 Å². The predicted molar refractivity (Wildman–Crippen MR) is 154 cm³/mol. The van der Waals surface area contributed by atoms with Crippen LogP contribution in [0.2, 0.25) is 0 Å². The lowest BCUT2D eigenvalue weighted by Gasteiger charge is -2.29. The summed E-state index contributed by atoms with van der Waals surface area (Å²) in [4.78, 5) is 43.6. The van der Waals surface area contributed by atoms with Gasteiger partial charge in [0.1, 0.15) is 5.84 Å². The first-order valence-corrected chi connectivity index (χ1v) is 13.0. The summed E-state index contributed by atoms with van der Waals surface area (Å²) in [5.74, 6) is -2.80. The summed E-state index contributed by atoms with van der Waals surface area (Å²) in [5.41, 5.74) is 6.23. The third-order valence-corrected chi connectivity index (χ3v) is 6.50. The molecular weight excluding hydrogens is 551 g/mol. The lowest BCUT2D eigenvalue weighted by molar-refractivity contribution is -0.137. The molecule has 1 aliphatic heterocycles. The van der Waals surface area contributed by atoms with Crippen LogP contribution in [0.25, 0.3) is 0 Å². The second-order valence-electron chi connectivity index (χ2n) is 9.52. The number of amidine groups is 1. The van der Waals surface area contributed by atoms with Gasteiger partial charge in [-0.25, -0.2) is 4.79 Å².